The van der Waals surface area contributed by atoms with E-state index in [1.54, 1.807) is 30.3 Å². The van der Waals surface area contributed by atoms with Crippen LogP contribution in [0, 0.1) is 0 Å². The number of hydrogen-bond acceptors (Lipinski definition) is 4. The van der Waals surface area contributed by atoms with Crippen molar-refractivity contribution in [3.63, 3.8) is 0 Å². The lowest BCUT2D eigenvalue weighted by Gasteiger charge is -2.23. The van der Waals surface area contributed by atoms with Gasteiger partial charge in [-0.15, -0.1) is 12.4 Å². The maximum atomic E-state index is 11.6. The molecule has 1 aromatic rings. The number of carboxylic acids is 1. The first-order valence-electron chi connectivity index (χ1n) is 4.83. The molecule has 0 saturated carbocycles. The number of carbonyl (C=O) groups is 1. The molecule has 0 aliphatic heterocycles. The van der Waals surface area contributed by atoms with E-state index in [0.29, 0.717) is 5.69 Å². The van der Waals surface area contributed by atoms with Gasteiger partial charge in [0.1, 0.15) is 6.04 Å². The summed E-state index contributed by atoms with van der Waals surface area (Å²) in [6.07, 6.45) is 1.01. The van der Waals surface area contributed by atoms with E-state index in [-0.39, 0.29) is 19.0 Å². The molecule has 1 aromatic carbocycles. The Morgan fingerprint density at radius 1 is 1.39 bits per heavy atom. The van der Waals surface area contributed by atoms with Crippen LogP contribution >= 0.6 is 12.4 Å². The first kappa shape index (κ1) is 16.7. The molecule has 0 radical (unpaired) electrons. The number of hydrogen-bond donors (Lipinski definition) is 2. The fraction of sp³-hybridized carbons (Fsp3) is 0.300. The van der Waals surface area contributed by atoms with Crippen LogP contribution in [0.4, 0.5) is 5.69 Å². The molecule has 0 fully saturated rings. The molecule has 8 heteroatoms. The largest absolute Gasteiger partial charge is 0.480 e. The van der Waals surface area contributed by atoms with Crippen molar-refractivity contribution in [3.8, 4) is 0 Å². The maximum Gasteiger partial charge on any atom is 0.322 e. The second kappa shape index (κ2) is 6.58. The van der Waals surface area contributed by atoms with Gasteiger partial charge in [0.15, 0.2) is 0 Å². The SMILES string of the molecule is CS(=O)(=O)N(C[C@@H](N)C(=O)O)c1ccccc1.Cl. The van der Waals surface area contributed by atoms with Gasteiger partial charge in [-0.25, -0.2) is 8.42 Å². The van der Waals surface area contributed by atoms with Crippen molar-refractivity contribution in [1.82, 2.24) is 0 Å². The summed E-state index contributed by atoms with van der Waals surface area (Å²) in [7, 11) is -3.56. The zero-order valence-corrected chi connectivity index (χ0v) is 11.3. The van der Waals surface area contributed by atoms with Crippen molar-refractivity contribution in [2.24, 2.45) is 5.73 Å². The van der Waals surface area contributed by atoms with Gasteiger partial charge in [-0.2, -0.15) is 0 Å². The number of nitrogens with zero attached hydrogens (tertiary/aromatic N) is 1. The number of carboxylic acid groups (broad SMARTS) is 1. The summed E-state index contributed by atoms with van der Waals surface area (Å²) in [6, 6.07) is 6.97. The average molecular weight is 295 g/mol. The molecule has 0 heterocycles. The lowest BCUT2D eigenvalue weighted by Crippen LogP contribution is -2.45. The fourth-order valence-corrected chi connectivity index (χ4v) is 2.22. The number of sulfonamides is 1. The minimum Gasteiger partial charge on any atom is -0.480 e. The highest BCUT2D eigenvalue weighted by molar-refractivity contribution is 7.92. The van der Waals surface area contributed by atoms with Gasteiger partial charge in [-0.1, -0.05) is 18.2 Å². The molecule has 0 saturated heterocycles. The lowest BCUT2D eigenvalue weighted by molar-refractivity contribution is -0.138. The van der Waals surface area contributed by atoms with Crippen LogP contribution in [0.2, 0.25) is 0 Å². The van der Waals surface area contributed by atoms with Gasteiger partial charge in [-0.3, -0.25) is 9.10 Å². The molecule has 18 heavy (non-hydrogen) atoms. The van der Waals surface area contributed by atoms with Crippen molar-refractivity contribution in [2.75, 3.05) is 17.1 Å². The summed E-state index contributed by atoms with van der Waals surface area (Å²) in [6.45, 7) is -0.293. The van der Waals surface area contributed by atoms with E-state index in [0.717, 1.165) is 10.6 Å². The maximum absolute atomic E-state index is 11.6. The summed E-state index contributed by atoms with van der Waals surface area (Å²) in [5, 5.41) is 8.70. The predicted molar refractivity (Wildman–Crippen MR) is 71.5 cm³/mol. The molecule has 6 nitrogen and oxygen atoms in total. The number of halogens is 1. The number of nitrogens with two attached hydrogens (primary N) is 1. The van der Waals surface area contributed by atoms with Crippen LogP contribution in [-0.2, 0) is 14.8 Å². The zero-order chi connectivity index (χ0) is 13.1. The van der Waals surface area contributed by atoms with Gasteiger partial charge < -0.3 is 10.8 Å². The standard InChI is InChI=1S/C10H14N2O4S.ClH/c1-17(15,16)12(7-9(11)10(13)14)8-5-3-2-4-6-8;/h2-6,9H,7,11H2,1H3,(H,13,14);1H/t9-;/m1./s1. The number of anilines is 1. The smallest absolute Gasteiger partial charge is 0.322 e. The minimum absolute atomic E-state index is 0. The van der Waals surface area contributed by atoms with Crippen LogP contribution in [0.25, 0.3) is 0 Å². The van der Waals surface area contributed by atoms with Crippen LogP contribution in [0.5, 0.6) is 0 Å². The molecule has 0 aromatic heterocycles. The molecular weight excluding hydrogens is 280 g/mol. The van der Waals surface area contributed by atoms with Crippen LogP contribution in [0.3, 0.4) is 0 Å². The van der Waals surface area contributed by atoms with E-state index in [9.17, 15) is 13.2 Å². The first-order valence-corrected chi connectivity index (χ1v) is 6.68. The van der Waals surface area contributed by atoms with E-state index in [2.05, 4.69) is 0 Å². The summed E-state index contributed by atoms with van der Waals surface area (Å²) in [5.41, 5.74) is 5.74. The van der Waals surface area contributed by atoms with E-state index < -0.39 is 22.0 Å². The Hall–Kier alpha value is -1.31. The molecular formula is C10H15ClN2O4S. The molecule has 0 spiro atoms. The zero-order valence-electron chi connectivity index (χ0n) is 9.68. The van der Waals surface area contributed by atoms with Gasteiger partial charge in [0, 0.05) is 0 Å². The lowest BCUT2D eigenvalue weighted by atomic mass is 10.3. The van der Waals surface area contributed by atoms with Crippen LogP contribution in [-0.4, -0.2) is 38.3 Å². The van der Waals surface area contributed by atoms with Crippen LogP contribution in [0.15, 0.2) is 30.3 Å². The van der Waals surface area contributed by atoms with Crippen molar-refractivity contribution < 1.29 is 18.3 Å². The highest BCUT2D eigenvalue weighted by atomic mass is 35.5. The normalized spacial score (nSPS) is 12.3. The topological polar surface area (TPSA) is 101 Å². The Morgan fingerprint density at radius 3 is 2.28 bits per heavy atom. The average Bonchev–Trinajstić information content (AvgIpc) is 2.25. The Kier molecular flexibility index (Phi) is 6.10. The second-order valence-electron chi connectivity index (χ2n) is 3.57. The van der Waals surface area contributed by atoms with Gasteiger partial charge in [0.2, 0.25) is 10.0 Å². The van der Waals surface area contributed by atoms with Crippen LogP contribution < -0.4 is 10.0 Å². The highest BCUT2D eigenvalue weighted by Crippen LogP contribution is 2.16. The molecule has 0 aliphatic rings. The van der Waals surface area contributed by atoms with Gasteiger partial charge in [0.05, 0.1) is 18.5 Å². The van der Waals surface area contributed by atoms with E-state index in [1.807, 2.05) is 0 Å². The number of benzene rings is 1. The number of rotatable bonds is 5. The summed E-state index contributed by atoms with van der Waals surface area (Å²) in [5.74, 6) is -1.24. The van der Waals surface area contributed by atoms with Crippen molar-refractivity contribution in [2.45, 2.75) is 6.04 Å². The molecule has 1 atom stereocenters. The quantitative estimate of drug-likeness (QED) is 0.813. The molecule has 0 aliphatic carbocycles. The van der Waals surface area contributed by atoms with Gasteiger partial charge >= 0.3 is 5.97 Å². The molecule has 1 rings (SSSR count). The molecule has 102 valence electrons. The number of para-hydroxylation sites is 1. The summed E-state index contributed by atoms with van der Waals surface area (Å²) in [4.78, 5) is 10.6. The number of aliphatic carboxylic acids is 1. The highest BCUT2D eigenvalue weighted by Gasteiger charge is 2.23. The van der Waals surface area contributed by atoms with Crippen LogP contribution in [0.1, 0.15) is 0 Å². The summed E-state index contributed by atoms with van der Waals surface area (Å²) >= 11 is 0. The third-order valence-corrected chi connectivity index (χ3v) is 3.28. The molecule has 0 bridgehead atoms. The first-order chi connectivity index (χ1) is 7.82. The van der Waals surface area contributed by atoms with E-state index >= 15 is 0 Å². The fourth-order valence-electron chi connectivity index (χ4n) is 1.28. The molecule has 3 N–H and O–H groups in total. The van der Waals surface area contributed by atoms with Gasteiger partial charge in [-0.05, 0) is 12.1 Å². The second-order valence-corrected chi connectivity index (χ2v) is 5.48. The third kappa shape index (κ3) is 4.52. The monoisotopic (exact) mass is 294 g/mol. The molecule has 0 amide bonds. The van der Waals surface area contributed by atoms with Crippen molar-refractivity contribution >= 4 is 34.1 Å². The Morgan fingerprint density at radius 2 is 1.89 bits per heavy atom. The minimum atomic E-state index is -3.56. The van der Waals surface area contributed by atoms with E-state index in [1.165, 1.54) is 0 Å². The Labute approximate surface area is 112 Å². The Balaban J connectivity index is 0.00000289. The molecule has 0 unspecified atom stereocenters. The van der Waals surface area contributed by atoms with Crippen molar-refractivity contribution in [1.29, 1.82) is 0 Å². The van der Waals surface area contributed by atoms with Gasteiger partial charge in [0.25, 0.3) is 0 Å². The Bertz CT molecular complexity index is 492. The summed E-state index contributed by atoms with van der Waals surface area (Å²) < 4.78 is 24.1. The van der Waals surface area contributed by atoms with Crippen molar-refractivity contribution in [3.05, 3.63) is 30.3 Å². The van der Waals surface area contributed by atoms with E-state index in [4.69, 9.17) is 10.8 Å². The third-order valence-electron chi connectivity index (χ3n) is 2.12. The predicted octanol–water partition coefficient (Wildman–Crippen LogP) is 0.286.